The molecule has 0 aliphatic heterocycles. The van der Waals surface area contributed by atoms with Gasteiger partial charge in [-0.3, -0.25) is 0 Å². The molecule has 0 radical (unpaired) electrons. The molecule has 0 N–H and O–H groups in total. The molecule has 0 nitrogen and oxygen atoms in total. The first-order valence-electron chi connectivity index (χ1n) is 5.95. The van der Waals surface area contributed by atoms with E-state index >= 15 is 0 Å². The first kappa shape index (κ1) is 13.5. The van der Waals surface area contributed by atoms with Crippen LogP contribution in [0.1, 0.15) is 59.8 Å². The van der Waals surface area contributed by atoms with E-state index in [4.69, 9.17) is 0 Å². The van der Waals surface area contributed by atoms with Crippen LogP contribution in [0.3, 0.4) is 0 Å². The Hall–Kier alpha value is -0.520. The quantitative estimate of drug-likeness (QED) is 0.494. The van der Waals surface area contributed by atoms with Gasteiger partial charge in [-0.05, 0) is 32.6 Å². The fourth-order valence-corrected chi connectivity index (χ4v) is 1.80. The second-order valence-corrected chi connectivity index (χ2v) is 4.42. The average Bonchev–Trinajstić information content (AvgIpc) is 2.10. The zero-order valence-electron chi connectivity index (χ0n) is 10.4. The molecular formula is C14H26. The molecular weight excluding hydrogens is 168 g/mol. The number of unbranched alkanes of at least 4 members (excludes halogenated alkanes) is 1. The van der Waals surface area contributed by atoms with E-state index < -0.39 is 0 Å². The number of rotatable bonds is 7. The molecule has 82 valence electrons. The van der Waals surface area contributed by atoms with Crippen LogP contribution >= 0.6 is 0 Å². The van der Waals surface area contributed by atoms with E-state index in [-0.39, 0.29) is 0 Å². The summed E-state index contributed by atoms with van der Waals surface area (Å²) in [7, 11) is 0. The molecule has 0 aromatic carbocycles. The summed E-state index contributed by atoms with van der Waals surface area (Å²) in [6.45, 7) is 13.0. The van der Waals surface area contributed by atoms with E-state index in [1.165, 1.54) is 43.3 Å². The van der Waals surface area contributed by atoms with Crippen molar-refractivity contribution < 1.29 is 0 Å². The first-order valence-corrected chi connectivity index (χ1v) is 5.95. The summed E-state index contributed by atoms with van der Waals surface area (Å²) < 4.78 is 0. The minimum atomic E-state index is 0.717. The summed E-state index contributed by atoms with van der Waals surface area (Å²) in [6.07, 6.45) is 8.75. The van der Waals surface area contributed by atoms with E-state index in [9.17, 15) is 0 Å². The van der Waals surface area contributed by atoms with Crippen molar-refractivity contribution in [1.29, 1.82) is 0 Å². The van der Waals surface area contributed by atoms with Gasteiger partial charge in [-0.2, -0.15) is 0 Å². The van der Waals surface area contributed by atoms with Gasteiger partial charge in [-0.1, -0.05) is 56.9 Å². The van der Waals surface area contributed by atoms with E-state index in [1.807, 2.05) is 0 Å². The van der Waals surface area contributed by atoms with E-state index in [1.54, 1.807) is 0 Å². The third-order valence-corrected chi connectivity index (χ3v) is 2.54. The van der Waals surface area contributed by atoms with Crippen molar-refractivity contribution in [3.63, 3.8) is 0 Å². The molecule has 0 fully saturated rings. The maximum absolute atomic E-state index is 4.19. The van der Waals surface area contributed by atoms with Gasteiger partial charge < -0.3 is 0 Å². The monoisotopic (exact) mass is 194 g/mol. The lowest BCUT2D eigenvalue weighted by Gasteiger charge is -2.16. The molecule has 1 unspecified atom stereocenters. The lowest BCUT2D eigenvalue weighted by molar-refractivity contribution is 0.497. The standard InChI is InChI=1S/C14H26/c1-6-8-10-14(9-7-2)13(5)11-12(3)4/h11,14H,5-10H2,1-4H3. The Morgan fingerprint density at radius 1 is 1.14 bits per heavy atom. The molecule has 0 bridgehead atoms. The van der Waals surface area contributed by atoms with E-state index in [0.29, 0.717) is 0 Å². The largest absolute Gasteiger partial charge is 0.0956 e. The van der Waals surface area contributed by atoms with Gasteiger partial charge in [0.15, 0.2) is 0 Å². The van der Waals surface area contributed by atoms with Gasteiger partial charge >= 0.3 is 0 Å². The van der Waals surface area contributed by atoms with Gasteiger partial charge in [0, 0.05) is 0 Å². The van der Waals surface area contributed by atoms with Crippen LogP contribution in [0.2, 0.25) is 0 Å². The van der Waals surface area contributed by atoms with Gasteiger partial charge in [-0.15, -0.1) is 0 Å². The molecule has 0 aromatic heterocycles. The molecule has 0 aliphatic carbocycles. The SMILES string of the molecule is C=C(C=C(C)C)C(CCC)CCCC. The van der Waals surface area contributed by atoms with E-state index in [0.717, 1.165) is 5.92 Å². The Labute approximate surface area is 90.1 Å². The van der Waals surface area contributed by atoms with Crippen molar-refractivity contribution in [2.45, 2.75) is 59.8 Å². The van der Waals surface area contributed by atoms with Crippen molar-refractivity contribution in [2.75, 3.05) is 0 Å². The lowest BCUT2D eigenvalue weighted by atomic mass is 9.89. The van der Waals surface area contributed by atoms with Crippen molar-refractivity contribution in [3.8, 4) is 0 Å². The van der Waals surface area contributed by atoms with Crippen molar-refractivity contribution in [1.82, 2.24) is 0 Å². The van der Waals surface area contributed by atoms with Gasteiger partial charge in [0.2, 0.25) is 0 Å². The molecule has 14 heavy (non-hydrogen) atoms. The van der Waals surface area contributed by atoms with Gasteiger partial charge in [-0.25, -0.2) is 0 Å². The van der Waals surface area contributed by atoms with Gasteiger partial charge in [0.05, 0.1) is 0 Å². The summed E-state index contributed by atoms with van der Waals surface area (Å²) in [6, 6.07) is 0. The molecule has 1 atom stereocenters. The molecule has 0 heteroatoms. The fourth-order valence-electron chi connectivity index (χ4n) is 1.80. The highest BCUT2D eigenvalue weighted by Gasteiger charge is 2.08. The highest BCUT2D eigenvalue weighted by molar-refractivity contribution is 5.21. The predicted molar refractivity (Wildman–Crippen MR) is 66.5 cm³/mol. The van der Waals surface area contributed by atoms with Crippen LogP contribution in [0.25, 0.3) is 0 Å². The average molecular weight is 194 g/mol. The third-order valence-electron chi connectivity index (χ3n) is 2.54. The molecule has 0 amide bonds. The van der Waals surface area contributed by atoms with Crippen LogP contribution in [-0.2, 0) is 0 Å². The Balaban J connectivity index is 4.17. The number of allylic oxidation sites excluding steroid dienone is 3. The van der Waals surface area contributed by atoms with Gasteiger partial charge in [0.1, 0.15) is 0 Å². The molecule has 0 spiro atoms. The molecule has 0 saturated heterocycles. The van der Waals surface area contributed by atoms with Gasteiger partial charge in [0.25, 0.3) is 0 Å². The highest BCUT2D eigenvalue weighted by Crippen LogP contribution is 2.23. The Bertz CT molecular complexity index is 182. The summed E-state index contributed by atoms with van der Waals surface area (Å²) in [4.78, 5) is 0. The van der Waals surface area contributed by atoms with E-state index in [2.05, 4.69) is 40.3 Å². The van der Waals surface area contributed by atoms with Crippen LogP contribution < -0.4 is 0 Å². The zero-order valence-corrected chi connectivity index (χ0v) is 10.4. The number of hydrogen-bond acceptors (Lipinski definition) is 0. The smallest absolute Gasteiger partial charge is 0.0168 e. The van der Waals surface area contributed by atoms with Crippen molar-refractivity contribution in [3.05, 3.63) is 23.8 Å². The second-order valence-electron chi connectivity index (χ2n) is 4.42. The normalized spacial score (nSPS) is 12.3. The highest BCUT2D eigenvalue weighted by atomic mass is 14.1. The minimum Gasteiger partial charge on any atom is -0.0956 e. The molecule has 0 rings (SSSR count). The van der Waals surface area contributed by atoms with Crippen molar-refractivity contribution >= 4 is 0 Å². The first-order chi connectivity index (χ1) is 6.61. The zero-order chi connectivity index (χ0) is 11.0. The van der Waals surface area contributed by atoms with Crippen LogP contribution in [0, 0.1) is 5.92 Å². The van der Waals surface area contributed by atoms with Crippen molar-refractivity contribution in [2.24, 2.45) is 5.92 Å². The molecule has 0 aliphatic rings. The maximum Gasteiger partial charge on any atom is -0.0168 e. The maximum atomic E-state index is 4.19. The summed E-state index contributed by atoms with van der Waals surface area (Å²) in [5.74, 6) is 0.717. The van der Waals surface area contributed by atoms with Crippen LogP contribution in [-0.4, -0.2) is 0 Å². The summed E-state index contributed by atoms with van der Waals surface area (Å²) in [5, 5.41) is 0. The Morgan fingerprint density at radius 2 is 1.79 bits per heavy atom. The fraction of sp³-hybridized carbons (Fsp3) is 0.714. The number of hydrogen-bond donors (Lipinski definition) is 0. The summed E-state index contributed by atoms with van der Waals surface area (Å²) >= 11 is 0. The lowest BCUT2D eigenvalue weighted by Crippen LogP contribution is -2.02. The second kappa shape index (κ2) is 7.84. The Kier molecular flexibility index (Phi) is 7.55. The molecule has 0 heterocycles. The minimum absolute atomic E-state index is 0.717. The Morgan fingerprint density at radius 3 is 2.21 bits per heavy atom. The van der Waals surface area contributed by atoms with Crippen LogP contribution in [0.5, 0.6) is 0 Å². The van der Waals surface area contributed by atoms with Crippen LogP contribution in [0.4, 0.5) is 0 Å². The van der Waals surface area contributed by atoms with Crippen LogP contribution in [0.15, 0.2) is 23.8 Å². The molecule has 0 aromatic rings. The molecule has 0 saturated carbocycles. The third kappa shape index (κ3) is 6.01. The predicted octanol–water partition coefficient (Wildman–Crippen LogP) is 5.12. The topological polar surface area (TPSA) is 0 Å². The summed E-state index contributed by atoms with van der Waals surface area (Å²) in [5.41, 5.74) is 2.70.